The van der Waals surface area contributed by atoms with Crippen LogP contribution in [-0.2, 0) is 0 Å². The number of hydrogen-bond acceptors (Lipinski definition) is 2. The van der Waals surface area contributed by atoms with Gasteiger partial charge in [0.05, 0.1) is 0 Å². The number of piperidine rings is 1. The highest BCUT2D eigenvalue weighted by molar-refractivity contribution is 4.90. The molecule has 21 heavy (non-hydrogen) atoms. The van der Waals surface area contributed by atoms with Crippen molar-refractivity contribution in [3.05, 3.63) is 0 Å². The van der Waals surface area contributed by atoms with Crippen molar-refractivity contribution in [3.63, 3.8) is 0 Å². The maximum atomic E-state index is 3.59. The van der Waals surface area contributed by atoms with Crippen molar-refractivity contribution in [1.29, 1.82) is 0 Å². The summed E-state index contributed by atoms with van der Waals surface area (Å²) in [4.78, 5) is 2.80. The second kappa shape index (κ2) is 7.00. The van der Waals surface area contributed by atoms with Crippen molar-refractivity contribution < 1.29 is 0 Å². The van der Waals surface area contributed by atoms with Gasteiger partial charge in [-0.25, -0.2) is 0 Å². The average Bonchev–Trinajstić information content (AvgIpc) is 2.51. The zero-order chi connectivity index (χ0) is 14.7. The Hall–Kier alpha value is -0.0800. The van der Waals surface area contributed by atoms with E-state index in [9.17, 15) is 0 Å². The summed E-state index contributed by atoms with van der Waals surface area (Å²) in [5.74, 6) is 1.83. The van der Waals surface area contributed by atoms with Crippen molar-refractivity contribution in [1.82, 2.24) is 10.2 Å². The van der Waals surface area contributed by atoms with E-state index in [4.69, 9.17) is 0 Å². The van der Waals surface area contributed by atoms with Crippen molar-refractivity contribution >= 4 is 0 Å². The molecule has 2 nitrogen and oxygen atoms in total. The molecular weight excluding hydrogens is 256 g/mol. The van der Waals surface area contributed by atoms with Crippen LogP contribution in [-0.4, -0.2) is 37.6 Å². The highest BCUT2D eigenvalue weighted by atomic mass is 15.1. The van der Waals surface area contributed by atoms with Gasteiger partial charge in [0.2, 0.25) is 0 Å². The molecule has 1 saturated heterocycles. The summed E-state index contributed by atoms with van der Waals surface area (Å²) in [5.41, 5.74) is 0.761. The normalized spacial score (nSPS) is 37.7. The number of likely N-dealkylation sites (tertiary alicyclic amines) is 1. The van der Waals surface area contributed by atoms with Gasteiger partial charge in [-0.3, -0.25) is 0 Å². The molecule has 1 aliphatic heterocycles. The molecule has 0 aromatic heterocycles. The fourth-order valence-electron chi connectivity index (χ4n) is 5.42. The number of hydrogen-bond donors (Lipinski definition) is 1. The van der Waals surface area contributed by atoms with Gasteiger partial charge in [-0.05, 0) is 82.3 Å². The Morgan fingerprint density at radius 1 is 1.00 bits per heavy atom. The lowest BCUT2D eigenvalue weighted by Crippen LogP contribution is -2.48. The highest BCUT2D eigenvalue weighted by Crippen LogP contribution is 2.44. The van der Waals surface area contributed by atoms with Gasteiger partial charge < -0.3 is 10.2 Å². The Morgan fingerprint density at radius 3 is 2.38 bits per heavy atom. The van der Waals surface area contributed by atoms with Gasteiger partial charge in [-0.2, -0.15) is 0 Å². The first-order valence-electron chi connectivity index (χ1n) is 9.60. The van der Waals surface area contributed by atoms with E-state index in [-0.39, 0.29) is 0 Å². The van der Waals surface area contributed by atoms with Gasteiger partial charge in [0.15, 0.2) is 0 Å². The molecule has 0 amide bonds. The summed E-state index contributed by atoms with van der Waals surface area (Å²) in [7, 11) is 2.17. The first-order valence-corrected chi connectivity index (χ1v) is 9.60. The molecule has 122 valence electrons. The zero-order valence-corrected chi connectivity index (χ0v) is 14.4. The molecule has 3 fully saturated rings. The molecule has 0 aromatic rings. The largest absolute Gasteiger partial charge is 0.317 e. The van der Waals surface area contributed by atoms with Crippen LogP contribution in [0.3, 0.4) is 0 Å². The Bertz CT molecular complexity index is 312. The zero-order valence-electron chi connectivity index (χ0n) is 14.4. The fourth-order valence-corrected chi connectivity index (χ4v) is 5.42. The molecule has 0 radical (unpaired) electrons. The van der Waals surface area contributed by atoms with Crippen molar-refractivity contribution in [2.75, 3.05) is 26.7 Å². The number of nitrogens with zero attached hydrogens (tertiary/aromatic N) is 1. The van der Waals surface area contributed by atoms with Crippen LogP contribution in [0.4, 0.5) is 0 Å². The first-order chi connectivity index (χ1) is 10.2. The monoisotopic (exact) mass is 292 g/mol. The molecule has 3 unspecified atom stereocenters. The van der Waals surface area contributed by atoms with Crippen LogP contribution >= 0.6 is 0 Å². The summed E-state index contributed by atoms with van der Waals surface area (Å²) < 4.78 is 0. The van der Waals surface area contributed by atoms with E-state index in [0.29, 0.717) is 0 Å². The van der Waals surface area contributed by atoms with E-state index < -0.39 is 0 Å². The molecule has 3 rings (SSSR count). The Labute approximate surface area is 132 Å². The van der Waals surface area contributed by atoms with Gasteiger partial charge in [0.25, 0.3) is 0 Å². The van der Waals surface area contributed by atoms with Crippen molar-refractivity contribution in [3.8, 4) is 0 Å². The lowest BCUT2D eigenvalue weighted by Gasteiger charge is -2.46. The van der Waals surface area contributed by atoms with Crippen LogP contribution in [0.15, 0.2) is 0 Å². The number of rotatable bonds is 3. The summed E-state index contributed by atoms with van der Waals surface area (Å²) in [6.07, 6.45) is 14.8. The minimum atomic E-state index is 0.761. The molecule has 3 atom stereocenters. The van der Waals surface area contributed by atoms with Crippen LogP contribution in [0.2, 0.25) is 0 Å². The summed E-state index contributed by atoms with van der Waals surface area (Å²) in [6, 6.07) is 0.770. The maximum absolute atomic E-state index is 3.59. The van der Waals surface area contributed by atoms with Crippen LogP contribution in [0.5, 0.6) is 0 Å². The lowest BCUT2D eigenvalue weighted by molar-refractivity contribution is 0.0486. The minimum Gasteiger partial charge on any atom is -0.317 e. The van der Waals surface area contributed by atoms with E-state index in [2.05, 4.69) is 24.2 Å². The Balaban J connectivity index is 1.50. The van der Waals surface area contributed by atoms with Gasteiger partial charge in [0, 0.05) is 12.6 Å². The van der Waals surface area contributed by atoms with E-state index >= 15 is 0 Å². The van der Waals surface area contributed by atoms with Crippen LogP contribution in [0, 0.1) is 17.3 Å². The van der Waals surface area contributed by atoms with Crippen LogP contribution in [0.25, 0.3) is 0 Å². The average molecular weight is 293 g/mol. The van der Waals surface area contributed by atoms with Gasteiger partial charge in [-0.15, -0.1) is 0 Å². The molecule has 2 aliphatic carbocycles. The third kappa shape index (κ3) is 3.82. The minimum absolute atomic E-state index is 0.761. The molecule has 2 heteroatoms. The predicted molar refractivity (Wildman–Crippen MR) is 90.5 cm³/mol. The maximum Gasteiger partial charge on any atom is 0.0105 e. The standard InChI is InChI=1S/C19H36N2/c1-16-6-7-18(20-2)17(14-16)15-21-12-10-19(11-13-21)8-4-3-5-9-19/h16-18,20H,3-15H2,1-2H3. The molecule has 1 N–H and O–H groups in total. The van der Waals surface area contributed by atoms with Gasteiger partial charge >= 0.3 is 0 Å². The first kappa shape index (κ1) is 15.8. The van der Waals surface area contributed by atoms with Crippen LogP contribution < -0.4 is 5.32 Å². The summed E-state index contributed by atoms with van der Waals surface area (Å²) >= 11 is 0. The lowest BCUT2D eigenvalue weighted by atomic mass is 9.68. The SMILES string of the molecule is CNC1CCC(C)CC1CN1CCC2(CCCCC2)CC1. The second-order valence-electron chi connectivity index (χ2n) is 8.43. The fraction of sp³-hybridized carbons (Fsp3) is 1.00. The molecule has 2 saturated carbocycles. The topological polar surface area (TPSA) is 15.3 Å². The molecular formula is C19H36N2. The molecule has 1 spiro atoms. The smallest absolute Gasteiger partial charge is 0.0105 e. The van der Waals surface area contributed by atoms with E-state index in [1.54, 1.807) is 0 Å². The third-order valence-electron chi connectivity index (χ3n) is 6.94. The highest BCUT2D eigenvalue weighted by Gasteiger charge is 2.37. The van der Waals surface area contributed by atoms with E-state index in [1.165, 1.54) is 83.8 Å². The Kier molecular flexibility index (Phi) is 5.27. The van der Waals surface area contributed by atoms with Crippen molar-refractivity contribution in [2.24, 2.45) is 17.3 Å². The third-order valence-corrected chi connectivity index (χ3v) is 6.94. The van der Waals surface area contributed by atoms with Gasteiger partial charge in [0.1, 0.15) is 0 Å². The molecule has 1 heterocycles. The summed E-state index contributed by atoms with van der Waals surface area (Å²) in [6.45, 7) is 6.56. The Morgan fingerprint density at radius 2 is 1.71 bits per heavy atom. The van der Waals surface area contributed by atoms with Crippen molar-refractivity contribution in [2.45, 2.75) is 77.2 Å². The van der Waals surface area contributed by atoms with Gasteiger partial charge in [-0.1, -0.05) is 26.2 Å². The predicted octanol–water partition coefficient (Wildman–Crippen LogP) is 4.06. The molecule has 3 aliphatic rings. The van der Waals surface area contributed by atoms with E-state index in [0.717, 1.165) is 23.3 Å². The molecule has 0 aromatic carbocycles. The van der Waals surface area contributed by atoms with E-state index in [1.807, 2.05) is 0 Å². The summed E-state index contributed by atoms with van der Waals surface area (Å²) in [5, 5.41) is 3.59. The second-order valence-corrected chi connectivity index (χ2v) is 8.43. The number of nitrogens with one attached hydrogen (secondary N) is 1. The van der Waals surface area contributed by atoms with Crippen LogP contribution in [0.1, 0.15) is 71.1 Å². The quantitative estimate of drug-likeness (QED) is 0.844. The molecule has 0 bridgehead atoms.